The fraction of sp³-hybridized carbons (Fsp3) is 0.500. The van der Waals surface area contributed by atoms with Crippen molar-refractivity contribution in [3.8, 4) is 0 Å². The van der Waals surface area contributed by atoms with Crippen LogP contribution in [0.3, 0.4) is 0 Å². The van der Waals surface area contributed by atoms with Gasteiger partial charge in [-0.15, -0.1) is 0 Å². The smallest absolute Gasteiger partial charge is 0.207 e. The predicted octanol–water partition coefficient (Wildman–Crippen LogP) is 2.97. The minimum Gasteiger partial charge on any atom is -0.370 e. The maximum atomic E-state index is 4.90. The molecule has 3 aromatic rings. The molecule has 0 spiro atoms. The molecule has 5 rings (SSSR count). The summed E-state index contributed by atoms with van der Waals surface area (Å²) in [7, 11) is 0. The van der Waals surface area contributed by atoms with E-state index in [1.54, 1.807) is 0 Å². The molecular formula is C22H31N9. The van der Waals surface area contributed by atoms with Crippen LogP contribution in [0.5, 0.6) is 0 Å². The molecular weight excluding hydrogens is 390 g/mol. The highest BCUT2D eigenvalue weighted by molar-refractivity contribution is 5.61. The van der Waals surface area contributed by atoms with Crippen LogP contribution in [0.1, 0.15) is 43.9 Å². The van der Waals surface area contributed by atoms with Crippen LogP contribution in [0.25, 0.3) is 11.8 Å². The van der Waals surface area contributed by atoms with Gasteiger partial charge in [-0.05, 0) is 43.8 Å². The van der Waals surface area contributed by atoms with Crippen LogP contribution < -0.4 is 21.3 Å². The van der Waals surface area contributed by atoms with Crippen molar-refractivity contribution in [1.82, 2.24) is 29.5 Å². The predicted molar refractivity (Wildman–Crippen MR) is 125 cm³/mol. The first kappa shape index (κ1) is 19.9. The summed E-state index contributed by atoms with van der Waals surface area (Å²) in [6.45, 7) is 8.93. The molecule has 31 heavy (non-hydrogen) atoms. The fourth-order valence-corrected chi connectivity index (χ4v) is 4.21. The molecule has 5 heterocycles. The van der Waals surface area contributed by atoms with E-state index in [1.165, 1.54) is 12.8 Å². The summed E-state index contributed by atoms with van der Waals surface area (Å²) >= 11 is 0. The Morgan fingerprint density at radius 3 is 2.87 bits per heavy atom. The molecule has 9 heteroatoms. The lowest BCUT2D eigenvalue weighted by atomic mass is 9.98. The molecule has 1 fully saturated rings. The Morgan fingerprint density at radius 1 is 1.19 bits per heavy atom. The summed E-state index contributed by atoms with van der Waals surface area (Å²) in [4.78, 5) is 9.57. The topological polar surface area (TPSA) is 96.1 Å². The van der Waals surface area contributed by atoms with Gasteiger partial charge in [0.2, 0.25) is 5.95 Å². The van der Waals surface area contributed by atoms with Crippen molar-refractivity contribution in [3.05, 3.63) is 35.8 Å². The number of aromatic nitrogens is 5. The van der Waals surface area contributed by atoms with Gasteiger partial charge >= 0.3 is 0 Å². The van der Waals surface area contributed by atoms with Crippen molar-refractivity contribution < 1.29 is 0 Å². The first-order valence-corrected chi connectivity index (χ1v) is 11.2. The van der Waals surface area contributed by atoms with E-state index in [9.17, 15) is 0 Å². The second-order valence-electron chi connectivity index (χ2n) is 8.67. The molecule has 0 unspecified atom stereocenters. The SMILES string of the molecule is CC(C)c1cnn2c(NCc3cn4c(n3)NCC=C4)cc(NCC3CCNCC3)nc12. The molecule has 4 N–H and O–H groups in total. The molecule has 9 nitrogen and oxygen atoms in total. The third kappa shape index (κ3) is 4.23. The quantitative estimate of drug-likeness (QED) is 0.466. The fourth-order valence-electron chi connectivity index (χ4n) is 4.21. The first-order valence-electron chi connectivity index (χ1n) is 11.2. The van der Waals surface area contributed by atoms with Gasteiger partial charge < -0.3 is 21.3 Å². The van der Waals surface area contributed by atoms with Gasteiger partial charge in [0.15, 0.2) is 5.65 Å². The second kappa shape index (κ2) is 8.58. The average molecular weight is 422 g/mol. The Hall–Kier alpha value is -3.07. The van der Waals surface area contributed by atoms with Crippen molar-refractivity contribution in [2.45, 2.75) is 39.2 Å². The number of hydrogen-bond donors (Lipinski definition) is 4. The van der Waals surface area contributed by atoms with Gasteiger partial charge in [0.1, 0.15) is 11.6 Å². The molecule has 0 atom stereocenters. The molecule has 2 aliphatic rings. The number of fused-ring (bicyclic) bond motifs is 2. The Balaban J connectivity index is 1.38. The first-order chi connectivity index (χ1) is 15.2. The highest BCUT2D eigenvalue weighted by Gasteiger charge is 2.17. The number of piperidine rings is 1. The number of rotatable bonds is 7. The normalized spacial score (nSPS) is 16.5. The van der Waals surface area contributed by atoms with Crippen LogP contribution in [-0.2, 0) is 6.54 Å². The van der Waals surface area contributed by atoms with Gasteiger partial charge in [-0.3, -0.25) is 4.57 Å². The maximum Gasteiger partial charge on any atom is 0.207 e. The van der Waals surface area contributed by atoms with E-state index in [0.29, 0.717) is 18.4 Å². The summed E-state index contributed by atoms with van der Waals surface area (Å²) in [6.07, 6.45) is 10.5. The van der Waals surface area contributed by atoms with E-state index in [2.05, 4.69) is 57.3 Å². The van der Waals surface area contributed by atoms with Gasteiger partial charge in [0.05, 0.1) is 18.4 Å². The summed E-state index contributed by atoms with van der Waals surface area (Å²) in [5.74, 6) is 3.73. The molecule has 0 saturated carbocycles. The highest BCUT2D eigenvalue weighted by Crippen LogP contribution is 2.25. The number of anilines is 3. The van der Waals surface area contributed by atoms with E-state index < -0.39 is 0 Å². The van der Waals surface area contributed by atoms with Crippen LogP contribution in [0, 0.1) is 5.92 Å². The van der Waals surface area contributed by atoms with Gasteiger partial charge in [-0.2, -0.15) is 9.61 Å². The number of nitrogens with zero attached hydrogens (tertiary/aromatic N) is 5. The highest BCUT2D eigenvalue weighted by atomic mass is 15.3. The van der Waals surface area contributed by atoms with Crippen LogP contribution in [0.15, 0.2) is 24.5 Å². The van der Waals surface area contributed by atoms with Crippen molar-refractivity contribution in [3.63, 3.8) is 0 Å². The molecule has 0 radical (unpaired) electrons. The summed E-state index contributed by atoms with van der Waals surface area (Å²) in [6, 6.07) is 2.05. The molecule has 2 aliphatic heterocycles. The molecule has 0 aliphatic carbocycles. The van der Waals surface area contributed by atoms with Gasteiger partial charge in [-0.1, -0.05) is 13.8 Å². The van der Waals surface area contributed by atoms with E-state index >= 15 is 0 Å². The zero-order chi connectivity index (χ0) is 21.2. The lowest BCUT2D eigenvalue weighted by Crippen LogP contribution is -2.31. The maximum absolute atomic E-state index is 4.90. The van der Waals surface area contributed by atoms with E-state index in [0.717, 1.165) is 60.7 Å². The summed E-state index contributed by atoms with van der Waals surface area (Å²) in [5, 5.41) is 18.4. The number of nitrogens with one attached hydrogen (secondary N) is 4. The monoisotopic (exact) mass is 421 g/mol. The van der Waals surface area contributed by atoms with Crippen molar-refractivity contribution in [1.29, 1.82) is 0 Å². The Bertz CT molecular complexity index is 1070. The molecule has 164 valence electrons. The van der Waals surface area contributed by atoms with Crippen LogP contribution >= 0.6 is 0 Å². The molecule has 0 bridgehead atoms. The van der Waals surface area contributed by atoms with E-state index in [4.69, 9.17) is 4.98 Å². The Kier molecular flexibility index (Phi) is 5.50. The molecule has 0 amide bonds. The van der Waals surface area contributed by atoms with Gasteiger partial charge in [0.25, 0.3) is 0 Å². The standard InChI is InChI=1S/C22H31N9/c1-15(2)18-13-27-31-20(26-12-17-14-30-9-3-6-24-22(30)28-17)10-19(29-21(18)31)25-11-16-4-7-23-8-5-16/h3,9-10,13-16,23,26H,4-8,11-12H2,1-2H3,(H,24,28)(H,25,29). The van der Waals surface area contributed by atoms with Crippen molar-refractivity contribution in [2.24, 2.45) is 5.92 Å². The lowest BCUT2D eigenvalue weighted by Gasteiger charge is -2.23. The summed E-state index contributed by atoms with van der Waals surface area (Å²) < 4.78 is 3.92. The van der Waals surface area contributed by atoms with E-state index in [-0.39, 0.29) is 0 Å². The Morgan fingerprint density at radius 2 is 2.06 bits per heavy atom. The average Bonchev–Trinajstić information content (AvgIpc) is 3.40. The molecule has 3 aromatic heterocycles. The number of imidazole rings is 1. The van der Waals surface area contributed by atoms with Crippen molar-refractivity contribution >= 4 is 29.4 Å². The largest absolute Gasteiger partial charge is 0.370 e. The third-order valence-corrected chi connectivity index (χ3v) is 6.03. The van der Waals surface area contributed by atoms with Gasteiger partial charge in [0, 0.05) is 37.1 Å². The van der Waals surface area contributed by atoms with Crippen LogP contribution in [-0.4, -0.2) is 50.3 Å². The van der Waals surface area contributed by atoms with Crippen LogP contribution in [0.2, 0.25) is 0 Å². The zero-order valence-electron chi connectivity index (χ0n) is 18.2. The zero-order valence-corrected chi connectivity index (χ0v) is 18.2. The second-order valence-corrected chi connectivity index (χ2v) is 8.67. The minimum absolute atomic E-state index is 0.357. The molecule has 1 saturated heterocycles. The lowest BCUT2D eigenvalue weighted by molar-refractivity contribution is 0.389. The van der Waals surface area contributed by atoms with Gasteiger partial charge in [-0.25, -0.2) is 9.97 Å². The number of hydrogen-bond acceptors (Lipinski definition) is 7. The van der Waals surface area contributed by atoms with Crippen LogP contribution in [0.4, 0.5) is 17.6 Å². The third-order valence-electron chi connectivity index (χ3n) is 6.03. The minimum atomic E-state index is 0.357. The summed E-state index contributed by atoms with van der Waals surface area (Å²) in [5.41, 5.74) is 3.03. The Labute approximate surface area is 182 Å². The van der Waals surface area contributed by atoms with E-state index in [1.807, 2.05) is 27.7 Å². The molecule has 0 aromatic carbocycles. The van der Waals surface area contributed by atoms with Crippen molar-refractivity contribution in [2.75, 3.05) is 42.1 Å².